The number of hydrogen-bond acceptors (Lipinski definition) is 0. The standard InChI is InChI=1S/C9H7BrF4/c1-3(2)4-5(10)7(12)9(14)8(13)6(4)11/h3H,1-2H3. The first-order chi connectivity index (χ1) is 6.37. The molecule has 0 amide bonds. The lowest BCUT2D eigenvalue weighted by molar-refractivity contribution is 0.398. The van der Waals surface area contributed by atoms with Crippen molar-refractivity contribution >= 4 is 15.9 Å². The van der Waals surface area contributed by atoms with Gasteiger partial charge in [-0.25, -0.2) is 17.6 Å². The molecule has 0 fully saturated rings. The predicted octanol–water partition coefficient (Wildman–Crippen LogP) is 4.13. The van der Waals surface area contributed by atoms with Gasteiger partial charge in [0.25, 0.3) is 0 Å². The Kier molecular flexibility index (Phi) is 3.19. The van der Waals surface area contributed by atoms with Crippen LogP contribution < -0.4 is 0 Å². The quantitative estimate of drug-likeness (QED) is 0.409. The third kappa shape index (κ3) is 1.65. The molecule has 1 rings (SSSR count). The Morgan fingerprint density at radius 3 is 1.71 bits per heavy atom. The van der Waals surface area contributed by atoms with E-state index in [0.717, 1.165) is 0 Å². The maximum Gasteiger partial charge on any atom is 0.198 e. The van der Waals surface area contributed by atoms with Gasteiger partial charge in [-0.05, 0) is 21.8 Å². The highest BCUT2D eigenvalue weighted by molar-refractivity contribution is 9.10. The summed E-state index contributed by atoms with van der Waals surface area (Å²) in [5.41, 5.74) is -0.193. The third-order valence-electron chi connectivity index (χ3n) is 1.82. The van der Waals surface area contributed by atoms with E-state index in [1.54, 1.807) is 13.8 Å². The Labute approximate surface area is 87.1 Å². The first-order valence-corrected chi connectivity index (χ1v) is 4.68. The highest BCUT2D eigenvalue weighted by Gasteiger charge is 2.25. The zero-order valence-corrected chi connectivity index (χ0v) is 9.05. The molecular weight excluding hydrogens is 264 g/mol. The van der Waals surface area contributed by atoms with E-state index in [1.807, 2.05) is 0 Å². The van der Waals surface area contributed by atoms with Crippen molar-refractivity contribution in [3.8, 4) is 0 Å². The summed E-state index contributed by atoms with van der Waals surface area (Å²) in [4.78, 5) is 0. The molecule has 0 aliphatic rings. The number of halogens is 5. The predicted molar refractivity (Wildman–Crippen MR) is 48.1 cm³/mol. The van der Waals surface area contributed by atoms with Crippen molar-refractivity contribution in [1.82, 2.24) is 0 Å². The summed E-state index contributed by atoms with van der Waals surface area (Å²) in [5, 5.41) is 0. The summed E-state index contributed by atoms with van der Waals surface area (Å²) in [6.45, 7) is 3.11. The molecule has 0 radical (unpaired) electrons. The van der Waals surface area contributed by atoms with E-state index in [-0.39, 0.29) is 10.0 Å². The lowest BCUT2D eigenvalue weighted by atomic mass is 10.0. The molecule has 78 valence electrons. The van der Waals surface area contributed by atoms with Crippen molar-refractivity contribution in [2.24, 2.45) is 0 Å². The molecule has 0 nitrogen and oxygen atoms in total. The smallest absolute Gasteiger partial charge is 0.198 e. The summed E-state index contributed by atoms with van der Waals surface area (Å²) in [6, 6.07) is 0. The Hall–Kier alpha value is -0.580. The molecule has 0 heterocycles. The van der Waals surface area contributed by atoms with Crippen LogP contribution in [0.3, 0.4) is 0 Å². The van der Waals surface area contributed by atoms with Crippen LogP contribution in [0.25, 0.3) is 0 Å². The Morgan fingerprint density at radius 1 is 0.857 bits per heavy atom. The molecule has 0 saturated carbocycles. The van der Waals surface area contributed by atoms with Gasteiger partial charge in [0.2, 0.25) is 0 Å². The number of benzene rings is 1. The van der Waals surface area contributed by atoms with E-state index < -0.39 is 29.2 Å². The fourth-order valence-electron chi connectivity index (χ4n) is 1.13. The van der Waals surface area contributed by atoms with E-state index in [9.17, 15) is 17.6 Å². The van der Waals surface area contributed by atoms with Gasteiger partial charge in [-0.3, -0.25) is 0 Å². The van der Waals surface area contributed by atoms with Crippen molar-refractivity contribution in [2.75, 3.05) is 0 Å². The van der Waals surface area contributed by atoms with Crippen LogP contribution in [-0.4, -0.2) is 0 Å². The zero-order valence-electron chi connectivity index (χ0n) is 7.47. The van der Waals surface area contributed by atoms with Gasteiger partial charge in [-0.1, -0.05) is 13.8 Å². The molecule has 14 heavy (non-hydrogen) atoms. The van der Waals surface area contributed by atoms with E-state index in [4.69, 9.17) is 0 Å². The molecule has 0 spiro atoms. The molecule has 1 aromatic carbocycles. The van der Waals surface area contributed by atoms with Crippen LogP contribution in [0.15, 0.2) is 4.47 Å². The summed E-state index contributed by atoms with van der Waals surface area (Å²) in [7, 11) is 0. The first-order valence-electron chi connectivity index (χ1n) is 3.89. The summed E-state index contributed by atoms with van der Waals surface area (Å²) in [5.74, 6) is -6.74. The average Bonchev–Trinajstić information content (AvgIpc) is 2.11. The molecule has 0 aromatic heterocycles. The van der Waals surface area contributed by atoms with Crippen LogP contribution in [0.2, 0.25) is 0 Å². The van der Waals surface area contributed by atoms with E-state index >= 15 is 0 Å². The molecule has 0 atom stereocenters. The molecule has 0 aliphatic carbocycles. The van der Waals surface area contributed by atoms with Gasteiger partial charge in [-0.2, -0.15) is 0 Å². The van der Waals surface area contributed by atoms with E-state index in [1.165, 1.54) is 0 Å². The van der Waals surface area contributed by atoms with Gasteiger partial charge >= 0.3 is 0 Å². The minimum Gasteiger partial charge on any atom is -0.203 e. The first kappa shape index (κ1) is 11.5. The maximum atomic E-state index is 13.1. The Bertz CT molecular complexity index is 345. The van der Waals surface area contributed by atoms with Crippen molar-refractivity contribution < 1.29 is 17.6 Å². The van der Waals surface area contributed by atoms with Crippen LogP contribution in [0.1, 0.15) is 25.3 Å². The summed E-state index contributed by atoms with van der Waals surface area (Å²) in [6.07, 6.45) is 0. The number of hydrogen-bond donors (Lipinski definition) is 0. The highest BCUT2D eigenvalue weighted by Crippen LogP contribution is 2.33. The average molecular weight is 271 g/mol. The summed E-state index contributed by atoms with van der Waals surface area (Å²) < 4.78 is 51.2. The second-order valence-corrected chi connectivity index (χ2v) is 3.93. The molecule has 1 aromatic rings. The lowest BCUT2D eigenvalue weighted by Gasteiger charge is -2.11. The second kappa shape index (κ2) is 3.88. The van der Waals surface area contributed by atoms with Crippen LogP contribution >= 0.6 is 15.9 Å². The Balaban J connectivity index is 3.60. The van der Waals surface area contributed by atoms with Crippen molar-refractivity contribution in [1.29, 1.82) is 0 Å². The normalized spacial score (nSPS) is 11.1. The SMILES string of the molecule is CC(C)c1c(F)c(F)c(F)c(F)c1Br. The van der Waals surface area contributed by atoms with Gasteiger partial charge in [0.05, 0.1) is 4.47 Å². The van der Waals surface area contributed by atoms with Gasteiger partial charge < -0.3 is 0 Å². The molecule has 0 saturated heterocycles. The zero-order chi connectivity index (χ0) is 11.0. The molecular formula is C9H7BrF4. The molecule has 0 N–H and O–H groups in total. The van der Waals surface area contributed by atoms with Crippen LogP contribution in [0.4, 0.5) is 17.6 Å². The minimum absolute atomic E-state index is 0.193. The second-order valence-electron chi connectivity index (χ2n) is 3.14. The van der Waals surface area contributed by atoms with Crippen LogP contribution in [0.5, 0.6) is 0 Å². The van der Waals surface area contributed by atoms with Crippen molar-refractivity contribution in [3.05, 3.63) is 33.3 Å². The maximum absolute atomic E-state index is 13.1. The van der Waals surface area contributed by atoms with Gasteiger partial charge in [0.15, 0.2) is 23.3 Å². The summed E-state index contributed by atoms with van der Waals surface area (Å²) >= 11 is 2.69. The number of rotatable bonds is 1. The molecule has 0 bridgehead atoms. The Morgan fingerprint density at radius 2 is 1.29 bits per heavy atom. The highest BCUT2D eigenvalue weighted by atomic mass is 79.9. The molecule has 0 unspecified atom stereocenters. The lowest BCUT2D eigenvalue weighted by Crippen LogP contribution is -2.05. The van der Waals surface area contributed by atoms with Gasteiger partial charge in [0, 0.05) is 5.56 Å². The van der Waals surface area contributed by atoms with Crippen LogP contribution in [0, 0.1) is 23.3 Å². The largest absolute Gasteiger partial charge is 0.203 e. The molecule has 5 heteroatoms. The van der Waals surface area contributed by atoms with E-state index in [2.05, 4.69) is 15.9 Å². The van der Waals surface area contributed by atoms with Crippen molar-refractivity contribution in [2.45, 2.75) is 19.8 Å². The monoisotopic (exact) mass is 270 g/mol. The fraction of sp³-hybridized carbons (Fsp3) is 0.333. The topological polar surface area (TPSA) is 0 Å². The van der Waals surface area contributed by atoms with Gasteiger partial charge in [-0.15, -0.1) is 0 Å². The van der Waals surface area contributed by atoms with Crippen LogP contribution in [-0.2, 0) is 0 Å². The van der Waals surface area contributed by atoms with Gasteiger partial charge in [0.1, 0.15) is 0 Å². The molecule has 0 aliphatic heterocycles. The minimum atomic E-state index is -1.79. The van der Waals surface area contributed by atoms with Crippen molar-refractivity contribution in [3.63, 3.8) is 0 Å². The fourth-order valence-corrected chi connectivity index (χ4v) is 1.93. The van der Waals surface area contributed by atoms with E-state index in [0.29, 0.717) is 0 Å². The third-order valence-corrected chi connectivity index (χ3v) is 2.60.